The fraction of sp³-hybridized carbons (Fsp3) is 0.400. The first-order valence-corrected chi connectivity index (χ1v) is 7.44. The van der Waals surface area contributed by atoms with Gasteiger partial charge in [-0.15, -0.1) is 0 Å². The van der Waals surface area contributed by atoms with Gasteiger partial charge >= 0.3 is 0 Å². The summed E-state index contributed by atoms with van der Waals surface area (Å²) in [5.41, 5.74) is 9.90. The van der Waals surface area contributed by atoms with Crippen molar-refractivity contribution in [2.24, 2.45) is 0 Å². The standard InChI is InChI=1S/C15H19N3S/c1-10-3-5-11(6-4-10)9-18(2)15-13(12-7-8-12)14(16)17-19-15/h3-6,12H,7-9H2,1-2H3,(H2,16,17). The van der Waals surface area contributed by atoms with E-state index < -0.39 is 0 Å². The van der Waals surface area contributed by atoms with Gasteiger partial charge in [-0.3, -0.25) is 0 Å². The molecule has 1 aliphatic rings. The zero-order chi connectivity index (χ0) is 13.4. The second kappa shape index (κ2) is 4.85. The Balaban J connectivity index is 1.80. The van der Waals surface area contributed by atoms with Gasteiger partial charge in [0.25, 0.3) is 0 Å². The summed E-state index contributed by atoms with van der Waals surface area (Å²) >= 11 is 1.53. The summed E-state index contributed by atoms with van der Waals surface area (Å²) in [6.45, 7) is 3.02. The molecule has 4 heteroatoms. The molecule has 0 aliphatic heterocycles. The lowest BCUT2D eigenvalue weighted by atomic mass is 10.1. The summed E-state index contributed by atoms with van der Waals surface area (Å²) < 4.78 is 4.33. The Morgan fingerprint density at radius 1 is 1.32 bits per heavy atom. The van der Waals surface area contributed by atoms with Gasteiger partial charge in [-0.2, -0.15) is 4.37 Å². The molecule has 0 unspecified atom stereocenters. The first-order chi connectivity index (χ1) is 9.15. The maximum absolute atomic E-state index is 6.01. The van der Waals surface area contributed by atoms with Crippen LogP contribution in [0, 0.1) is 6.92 Å². The van der Waals surface area contributed by atoms with Crippen LogP contribution in [0.5, 0.6) is 0 Å². The molecular formula is C15H19N3S. The van der Waals surface area contributed by atoms with E-state index in [1.165, 1.54) is 46.1 Å². The van der Waals surface area contributed by atoms with Crippen LogP contribution in [0.1, 0.15) is 35.4 Å². The van der Waals surface area contributed by atoms with Gasteiger partial charge in [0.1, 0.15) is 10.8 Å². The molecule has 0 amide bonds. The largest absolute Gasteiger partial charge is 0.383 e. The normalized spacial score (nSPS) is 14.6. The minimum atomic E-state index is 0.647. The molecule has 3 rings (SSSR count). The highest BCUT2D eigenvalue weighted by Gasteiger charge is 2.31. The van der Waals surface area contributed by atoms with E-state index in [9.17, 15) is 0 Å². The van der Waals surface area contributed by atoms with E-state index in [0.29, 0.717) is 5.92 Å². The van der Waals surface area contributed by atoms with Crippen LogP contribution >= 0.6 is 11.5 Å². The highest BCUT2D eigenvalue weighted by atomic mass is 32.1. The van der Waals surface area contributed by atoms with Crippen LogP contribution in [0.4, 0.5) is 10.8 Å². The van der Waals surface area contributed by atoms with E-state index in [2.05, 4.69) is 47.5 Å². The molecule has 1 saturated carbocycles. The number of nitrogen functional groups attached to an aromatic ring is 1. The van der Waals surface area contributed by atoms with Crippen molar-refractivity contribution in [1.29, 1.82) is 0 Å². The minimum absolute atomic E-state index is 0.647. The van der Waals surface area contributed by atoms with Crippen LogP contribution in [-0.4, -0.2) is 11.4 Å². The van der Waals surface area contributed by atoms with Gasteiger partial charge < -0.3 is 10.6 Å². The third-order valence-electron chi connectivity index (χ3n) is 3.61. The van der Waals surface area contributed by atoms with Gasteiger partial charge in [-0.05, 0) is 42.8 Å². The van der Waals surface area contributed by atoms with E-state index >= 15 is 0 Å². The number of rotatable bonds is 4. The Morgan fingerprint density at radius 3 is 2.63 bits per heavy atom. The zero-order valence-electron chi connectivity index (χ0n) is 11.4. The predicted molar refractivity (Wildman–Crippen MR) is 81.8 cm³/mol. The van der Waals surface area contributed by atoms with Crippen molar-refractivity contribution >= 4 is 22.4 Å². The maximum atomic E-state index is 6.01. The second-order valence-corrected chi connectivity index (χ2v) is 6.15. The monoisotopic (exact) mass is 273 g/mol. The average Bonchev–Trinajstić information content (AvgIpc) is 3.15. The topological polar surface area (TPSA) is 42.2 Å². The van der Waals surface area contributed by atoms with Crippen molar-refractivity contribution in [3.8, 4) is 0 Å². The lowest BCUT2D eigenvalue weighted by molar-refractivity contribution is 0.921. The van der Waals surface area contributed by atoms with Crippen LogP contribution in [-0.2, 0) is 6.54 Å². The molecule has 1 aromatic heterocycles. The average molecular weight is 273 g/mol. The fourth-order valence-corrected chi connectivity index (χ4v) is 3.23. The highest BCUT2D eigenvalue weighted by Crippen LogP contribution is 2.48. The molecule has 1 heterocycles. The summed E-state index contributed by atoms with van der Waals surface area (Å²) in [6.07, 6.45) is 2.52. The number of nitrogens with zero attached hydrogens (tertiary/aromatic N) is 2. The third-order valence-corrected chi connectivity index (χ3v) is 4.60. The van der Waals surface area contributed by atoms with Gasteiger partial charge in [0.05, 0.1) is 0 Å². The van der Waals surface area contributed by atoms with Crippen molar-refractivity contribution < 1.29 is 0 Å². The van der Waals surface area contributed by atoms with Gasteiger partial charge in [-0.25, -0.2) is 0 Å². The van der Waals surface area contributed by atoms with Crippen LogP contribution in [0.15, 0.2) is 24.3 Å². The SMILES string of the molecule is Cc1ccc(CN(C)c2snc(N)c2C2CC2)cc1. The Labute approximate surface area is 118 Å². The number of nitrogens with two attached hydrogens (primary N) is 1. The summed E-state index contributed by atoms with van der Waals surface area (Å²) in [5, 5.41) is 1.24. The molecule has 1 fully saturated rings. The van der Waals surface area contributed by atoms with E-state index in [4.69, 9.17) is 5.73 Å². The van der Waals surface area contributed by atoms with E-state index in [0.717, 1.165) is 12.4 Å². The molecule has 3 nitrogen and oxygen atoms in total. The van der Waals surface area contributed by atoms with Crippen molar-refractivity contribution in [3.63, 3.8) is 0 Å². The molecule has 0 bridgehead atoms. The van der Waals surface area contributed by atoms with E-state index in [-0.39, 0.29) is 0 Å². The summed E-state index contributed by atoms with van der Waals surface area (Å²) in [4.78, 5) is 2.27. The molecule has 1 aliphatic carbocycles. The van der Waals surface area contributed by atoms with Crippen LogP contribution in [0.2, 0.25) is 0 Å². The Hall–Kier alpha value is -1.55. The number of anilines is 2. The molecule has 0 atom stereocenters. The number of benzene rings is 1. The quantitative estimate of drug-likeness (QED) is 0.926. The molecule has 19 heavy (non-hydrogen) atoms. The lowest BCUT2D eigenvalue weighted by Crippen LogP contribution is -2.16. The summed E-state index contributed by atoms with van der Waals surface area (Å²) in [6, 6.07) is 8.69. The van der Waals surface area contributed by atoms with Crippen molar-refractivity contribution in [3.05, 3.63) is 41.0 Å². The summed E-state index contributed by atoms with van der Waals surface area (Å²) in [7, 11) is 2.12. The summed E-state index contributed by atoms with van der Waals surface area (Å²) in [5.74, 6) is 1.38. The molecule has 2 N–H and O–H groups in total. The Bertz CT molecular complexity index is 570. The predicted octanol–water partition coefficient (Wildman–Crippen LogP) is 3.55. The van der Waals surface area contributed by atoms with Gasteiger partial charge in [0.2, 0.25) is 0 Å². The van der Waals surface area contributed by atoms with E-state index in [1.807, 2.05) is 0 Å². The van der Waals surface area contributed by atoms with E-state index in [1.54, 1.807) is 0 Å². The van der Waals surface area contributed by atoms with Crippen LogP contribution < -0.4 is 10.6 Å². The molecule has 100 valence electrons. The molecular weight excluding hydrogens is 254 g/mol. The minimum Gasteiger partial charge on any atom is -0.383 e. The number of aryl methyl sites for hydroxylation is 1. The fourth-order valence-electron chi connectivity index (χ4n) is 2.37. The smallest absolute Gasteiger partial charge is 0.142 e. The molecule has 1 aromatic carbocycles. The molecule has 0 saturated heterocycles. The first kappa shape index (κ1) is 12.5. The van der Waals surface area contributed by atoms with Crippen LogP contribution in [0.3, 0.4) is 0 Å². The second-order valence-electron chi connectivity index (χ2n) is 5.40. The maximum Gasteiger partial charge on any atom is 0.142 e. The number of hydrogen-bond acceptors (Lipinski definition) is 4. The third kappa shape index (κ3) is 2.59. The van der Waals surface area contributed by atoms with Gasteiger partial charge in [0.15, 0.2) is 0 Å². The molecule has 0 spiro atoms. The molecule has 0 radical (unpaired) electrons. The van der Waals surface area contributed by atoms with Crippen LogP contribution in [0.25, 0.3) is 0 Å². The Kier molecular flexibility index (Phi) is 3.19. The van der Waals surface area contributed by atoms with Crippen molar-refractivity contribution in [2.75, 3.05) is 17.7 Å². The zero-order valence-corrected chi connectivity index (χ0v) is 12.2. The first-order valence-electron chi connectivity index (χ1n) is 6.67. The molecule has 2 aromatic rings. The number of hydrogen-bond donors (Lipinski definition) is 1. The lowest BCUT2D eigenvalue weighted by Gasteiger charge is -2.19. The van der Waals surface area contributed by atoms with Crippen molar-refractivity contribution in [1.82, 2.24) is 4.37 Å². The van der Waals surface area contributed by atoms with Gasteiger partial charge in [-0.1, -0.05) is 29.8 Å². The Morgan fingerprint density at radius 2 is 2.00 bits per heavy atom. The van der Waals surface area contributed by atoms with Crippen molar-refractivity contribution in [2.45, 2.75) is 32.2 Å². The highest BCUT2D eigenvalue weighted by molar-refractivity contribution is 7.10. The van der Waals surface area contributed by atoms with Gasteiger partial charge in [0, 0.05) is 19.2 Å². The number of aromatic nitrogens is 1.